The predicted molar refractivity (Wildman–Crippen MR) is 67.8 cm³/mol. The van der Waals surface area contributed by atoms with Crippen LogP contribution in [0.15, 0.2) is 42.7 Å². The molecule has 0 aliphatic rings. The first-order valence-corrected chi connectivity index (χ1v) is 5.35. The Morgan fingerprint density at radius 2 is 2.19 bits per heavy atom. The zero-order chi connectivity index (χ0) is 11.4. The molecule has 1 heterocycles. The van der Waals surface area contributed by atoms with Gasteiger partial charge in [-0.3, -0.25) is 4.98 Å². The smallest absolute Gasteiger partial charge is 0.0739 e. The lowest BCUT2D eigenvalue weighted by Gasteiger charge is -2.09. The van der Waals surface area contributed by atoms with Crippen LogP contribution in [0.3, 0.4) is 0 Å². The third-order valence-corrected chi connectivity index (χ3v) is 2.47. The summed E-state index contributed by atoms with van der Waals surface area (Å²) in [5.41, 5.74) is 9.72. The van der Waals surface area contributed by atoms with Crippen molar-refractivity contribution in [3.8, 4) is 0 Å². The molecule has 0 saturated heterocycles. The molecule has 1 aromatic heterocycles. The number of nitrogens with two attached hydrogens (primary N) is 1. The van der Waals surface area contributed by atoms with E-state index in [1.165, 1.54) is 5.56 Å². The minimum atomic E-state index is 0.657. The summed E-state index contributed by atoms with van der Waals surface area (Å²) >= 11 is 0. The van der Waals surface area contributed by atoms with Gasteiger partial charge in [0.25, 0.3) is 0 Å². The van der Waals surface area contributed by atoms with Gasteiger partial charge in [-0.15, -0.1) is 0 Å². The Morgan fingerprint density at radius 3 is 2.94 bits per heavy atom. The maximum absolute atomic E-state index is 5.81. The molecule has 3 nitrogen and oxygen atoms in total. The van der Waals surface area contributed by atoms with E-state index in [-0.39, 0.29) is 0 Å². The fraction of sp³-hybridized carbons (Fsp3) is 0.154. The summed E-state index contributed by atoms with van der Waals surface area (Å²) in [6.07, 6.45) is 4.40. The van der Waals surface area contributed by atoms with Gasteiger partial charge in [0.15, 0.2) is 0 Å². The van der Waals surface area contributed by atoms with E-state index in [0.717, 1.165) is 17.8 Å². The lowest BCUT2D eigenvalue weighted by atomic mass is 10.1. The minimum absolute atomic E-state index is 0.657. The fourth-order valence-electron chi connectivity index (χ4n) is 1.55. The molecule has 0 unspecified atom stereocenters. The summed E-state index contributed by atoms with van der Waals surface area (Å²) in [4.78, 5) is 3.96. The zero-order valence-corrected chi connectivity index (χ0v) is 9.27. The molecule has 0 aliphatic heterocycles. The van der Waals surface area contributed by atoms with Crippen molar-refractivity contribution in [2.75, 3.05) is 11.1 Å². The van der Waals surface area contributed by atoms with Crippen LogP contribution in [0.4, 0.5) is 17.1 Å². The molecule has 0 radical (unpaired) electrons. The number of nitrogens with zero attached hydrogens (tertiary/aromatic N) is 1. The Hall–Kier alpha value is -2.03. The Morgan fingerprint density at radius 1 is 1.31 bits per heavy atom. The molecular formula is C13H15N3. The van der Waals surface area contributed by atoms with Gasteiger partial charge in [-0.05, 0) is 30.2 Å². The SMILES string of the molecule is CCc1cccc(Nc2ccncc2N)c1. The van der Waals surface area contributed by atoms with E-state index in [0.29, 0.717) is 5.69 Å². The number of hydrogen-bond acceptors (Lipinski definition) is 3. The molecule has 0 aliphatic carbocycles. The molecule has 0 amide bonds. The topological polar surface area (TPSA) is 50.9 Å². The monoisotopic (exact) mass is 213 g/mol. The van der Waals surface area contributed by atoms with Crippen molar-refractivity contribution in [3.63, 3.8) is 0 Å². The standard InChI is InChI=1S/C13H15N3/c1-2-10-4-3-5-11(8-10)16-13-6-7-15-9-12(13)14/h3-9H,2,14H2,1H3,(H,15,16). The molecule has 2 aromatic rings. The molecule has 1 aromatic carbocycles. The molecule has 0 bridgehead atoms. The Balaban J connectivity index is 2.24. The van der Waals surface area contributed by atoms with E-state index in [9.17, 15) is 0 Å². The van der Waals surface area contributed by atoms with E-state index >= 15 is 0 Å². The Labute approximate surface area is 95.3 Å². The minimum Gasteiger partial charge on any atom is -0.396 e. The number of nitrogens with one attached hydrogen (secondary N) is 1. The van der Waals surface area contributed by atoms with Gasteiger partial charge in [-0.1, -0.05) is 19.1 Å². The zero-order valence-electron chi connectivity index (χ0n) is 9.27. The Bertz CT molecular complexity index is 480. The summed E-state index contributed by atoms with van der Waals surface area (Å²) in [6, 6.07) is 10.2. The molecule has 3 heteroatoms. The first-order chi connectivity index (χ1) is 7.79. The number of benzene rings is 1. The maximum Gasteiger partial charge on any atom is 0.0739 e. The van der Waals surface area contributed by atoms with Crippen LogP contribution in [0.1, 0.15) is 12.5 Å². The van der Waals surface area contributed by atoms with E-state index < -0.39 is 0 Å². The molecule has 82 valence electrons. The van der Waals surface area contributed by atoms with E-state index in [1.807, 2.05) is 18.2 Å². The predicted octanol–water partition coefficient (Wildman–Crippen LogP) is 2.97. The van der Waals surface area contributed by atoms with Gasteiger partial charge in [0.2, 0.25) is 0 Å². The summed E-state index contributed by atoms with van der Waals surface area (Å²) in [7, 11) is 0. The van der Waals surface area contributed by atoms with E-state index in [1.54, 1.807) is 12.4 Å². The number of nitrogen functional groups attached to an aromatic ring is 1. The molecule has 0 atom stereocenters. The quantitative estimate of drug-likeness (QED) is 0.824. The summed E-state index contributed by atoms with van der Waals surface area (Å²) in [6.45, 7) is 2.14. The number of aryl methyl sites for hydroxylation is 1. The van der Waals surface area contributed by atoms with Gasteiger partial charge in [-0.2, -0.15) is 0 Å². The summed E-state index contributed by atoms with van der Waals surface area (Å²) in [5.74, 6) is 0. The number of rotatable bonds is 3. The second-order valence-electron chi connectivity index (χ2n) is 3.64. The van der Waals surface area contributed by atoms with Gasteiger partial charge in [0.05, 0.1) is 17.6 Å². The van der Waals surface area contributed by atoms with Gasteiger partial charge in [-0.25, -0.2) is 0 Å². The largest absolute Gasteiger partial charge is 0.396 e. The van der Waals surface area contributed by atoms with E-state index in [4.69, 9.17) is 5.73 Å². The third kappa shape index (κ3) is 2.31. The highest BCUT2D eigenvalue weighted by atomic mass is 14.9. The number of pyridine rings is 1. The average molecular weight is 213 g/mol. The molecule has 16 heavy (non-hydrogen) atoms. The van der Waals surface area contributed by atoms with Crippen LogP contribution in [-0.2, 0) is 6.42 Å². The van der Waals surface area contributed by atoms with Gasteiger partial charge in [0.1, 0.15) is 0 Å². The number of aromatic nitrogens is 1. The van der Waals surface area contributed by atoms with Crippen molar-refractivity contribution in [1.29, 1.82) is 0 Å². The fourth-order valence-corrected chi connectivity index (χ4v) is 1.55. The summed E-state index contributed by atoms with van der Waals surface area (Å²) in [5, 5.41) is 3.28. The third-order valence-electron chi connectivity index (χ3n) is 2.47. The molecule has 2 rings (SSSR count). The average Bonchev–Trinajstić information content (AvgIpc) is 2.32. The van der Waals surface area contributed by atoms with Crippen LogP contribution < -0.4 is 11.1 Å². The second kappa shape index (κ2) is 4.66. The van der Waals surface area contributed by atoms with Crippen LogP contribution in [0.2, 0.25) is 0 Å². The summed E-state index contributed by atoms with van der Waals surface area (Å²) < 4.78 is 0. The van der Waals surface area contributed by atoms with Crippen molar-refractivity contribution in [2.24, 2.45) is 0 Å². The molecule has 0 spiro atoms. The Kier molecular flexibility index (Phi) is 3.05. The van der Waals surface area contributed by atoms with Crippen LogP contribution in [0.25, 0.3) is 0 Å². The number of hydrogen-bond donors (Lipinski definition) is 2. The normalized spacial score (nSPS) is 10.1. The van der Waals surface area contributed by atoms with Crippen molar-refractivity contribution < 1.29 is 0 Å². The van der Waals surface area contributed by atoms with Crippen LogP contribution in [0, 0.1) is 0 Å². The first kappa shape index (κ1) is 10.5. The van der Waals surface area contributed by atoms with Crippen LogP contribution in [0.5, 0.6) is 0 Å². The van der Waals surface area contributed by atoms with Crippen molar-refractivity contribution >= 4 is 17.1 Å². The number of anilines is 3. The molecular weight excluding hydrogens is 198 g/mol. The first-order valence-electron chi connectivity index (χ1n) is 5.35. The van der Waals surface area contributed by atoms with E-state index in [2.05, 4.69) is 29.4 Å². The van der Waals surface area contributed by atoms with Crippen molar-refractivity contribution in [1.82, 2.24) is 4.98 Å². The molecule has 0 fully saturated rings. The van der Waals surface area contributed by atoms with Gasteiger partial charge >= 0.3 is 0 Å². The maximum atomic E-state index is 5.81. The van der Waals surface area contributed by atoms with Gasteiger partial charge < -0.3 is 11.1 Å². The van der Waals surface area contributed by atoms with Crippen LogP contribution in [-0.4, -0.2) is 4.98 Å². The second-order valence-corrected chi connectivity index (χ2v) is 3.64. The highest BCUT2D eigenvalue weighted by molar-refractivity contribution is 5.71. The molecule has 3 N–H and O–H groups in total. The van der Waals surface area contributed by atoms with Gasteiger partial charge in [0, 0.05) is 11.9 Å². The highest BCUT2D eigenvalue weighted by Crippen LogP contribution is 2.22. The lowest BCUT2D eigenvalue weighted by molar-refractivity contribution is 1.14. The van der Waals surface area contributed by atoms with Crippen LogP contribution >= 0.6 is 0 Å². The van der Waals surface area contributed by atoms with Crippen molar-refractivity contribution in [3.05, 3.63) is 48.3 Å². The highest BCUT2D eigenvalue weighted by Gasteiger charge is 1.99. The molecule has 0 saturated carbocycles. The van der Waals surface area contributed by atoms with Crippen molar-refractivity contribution in [2.45, 2.75) is 13.3 Å². The lowest BCUT2D eigenvalue weighted by Crippen LogP contribution is -1.97.